The van der Waals surface area contributed by atoms with Gasteiger partial charge >= 0.3 is 5.97 Å². The molecule has 0 saturated heterocycles. The molecule has 2 rings (SSSR count). The maximum atomic E-state index is 12.9. The third-order valence-corrected chi connectivity index (χ3v) is 5.91. The molecule has 0 aliphatic carbocycles. The Balaban J connectivity index is 2.42. The Labute approximate surface area is 157 Å². The number of halogens is 2. The van der Waals surface area contributed by atoms with Crippen LogP contribution in [-0.2, 0) is 14.8 Å². The summed E-state index contributed by atoms with van der Waals surface area (Å²) in [7, 11) is -3.78. The van der Waals surface area contributed by atoms with Crippen molar-refractivity contribution in [2.45, 2.75) is 18.7 Å². The Morgan fingerprint density at radius 2 is 1.72 bits per heavy atom. The lowest BCUT2D eigenvalue weighted by molar-refractivity contribution is 0.0526. The summed E-state index contributed by atoms with van der Waals surface area (Å²) in [6, 6.07) is 10.3. The van der Waals surface area contributed by atoms with E-state index in [9.17, 15) is 13.2 Å². The van der Waals surface area contributed by atoms with Gasteiger partial charge in [0.15, 0.2) is 0 Å². The molecule has 0 radical (unpaired) electrons. The van der Waals surface area contributed by atoms with Crippen molar-refractivity contribution in [3.05, 3.63) is 58.1 Å². The molecule has 0 N–H and O–H groups in total. The lowest BCUT2D eigenvalue weighted by atomic mass is 10.2. The summed E-state index contributed by atoms with van der Waals surface area (Å²) in [6.45, 7) is 3.82. The average Bonchev–Trinajstić information content (AvgIpc) is 2.56. The van der Waals surface area contributed by atoms with Crippen LogP contribution in [0.15, 0.2) is 47.4 Å². The molecule has 0 bridgehead atoms. The van der Waals surface area contributed by atoms with Gasteiger partial charge in [-0.2, -0.15) is 0 Å². The summed E-state index contributed by atoms with van der Waals surface area (Å²) in [6.07, 6.45) is 0. The summed E-state index contributed by atoms with van der Waals surface area (Å²) in [4.78, 5) is 11.9. The molecule has 0 saturated carbocycles. The Morgan fingerprint density at radius 3 is 2.24 bits per heavy atom. The summed E-state index contributed by atoms with van der Waals surface area (Å²) < 4.78 is 31.8. The van der Waals surface area contributed by atoms with Gasteiger partial charge in [-0.25, -0.2) is 13.2 Å². The van der Waals surface area contributed by atoms with E-state index in [1.807, 2.05) is 0 Å². The van der Waals surface area contributed by atoms with Crippen molar-refractivity contribution in [2.75, 3.05) is 17.5 Å². The standard InChI is InChI=1S/C17H17Cl2NO4S/c1-3-20(25(22,23)14-8-5-12(18)6-9-14)13-7-10-15(16(19)11-13)17(21)24-4-2/h5-11H,3-4H2,1-2H3. The monoisotopic (exact) mass is 401 g/mol. The van der Waals surface area contributed by atoms with Crippen molar-refractivity contribution in [1.29, 1.82) is 0 Å². The van der Waals surface area contributed by atoms with E-state index in [0.717, 1.165) is 0 Å². The van der Waals surface area contributed by atoms with Gasteiger partial charge in [0.05, 0.1) is 27.8 Å². The first-order valence-corrected chi connectivity index (χ1v) is 9.75. The first-order valence-electron chi connectivity index (χ1n) is 7.56. The van der Waals surface area contributed by atoms with E-state index >= 15 is 0 Å². The average molecular weight is 402 g/mol. The van der Waals surface area contributed by atoms with Crippen molar-refractivity contribution in [3.8, 4) is 0 Å². The Kier molecular flexibility index (Phi) is 6.32. The molecule has 25 heavy (non-hydrogen) atoms. The Morgan fingerprint density at radius 1 is 1.08 bits per heavy atom. The number of hydrogen-bond acceptors (Lipinski definition) is 4. The van der Waals surface area contributed by atoms with Crippen LogP contribution >= 0.6 is 23.2 Å². The number of nitrogens with zero attached hydrogens (tertiary/aromatic N) is 1. The van der Waals surface area contributed by atoms with Gasteiger partial charge in [-0.15, -0.1) is 0 Å². The zero-order chi connectivity index (χ0) is 18.6. The number of carbonyl (C=O) groups is 1. The Hall–Kier alpha value is -1.76. The molecule has 134 valence electrons. The van der Waals surface area contributed by atoms with Crippen molar-refractivity contribution in [2.24, 2.45) is 0 Å². The maximum Gasteiger partial charge on any atom is 0.339 e. The first-order chi connectivity index (χ1) is 11.8. The number of benzene rings is 2. The van der Waals surface area contributed by atoms with E-state index in [1.165, 1.54) is 46.8 Å². The topological polar surface area (TPSA) is 63.7 Å². The van der Waals surface area contributed by atoms with Crippen LogP contribution in [0.1, 0.15) is 24.2 Å². The second-order valence-electron chi connectivity index (χ2n) is 5.01. The predicted octanol–water partition coefficient (Wildman–Crippen LogP) is 4.39. The number of esters is 1. The molecule has 0 aliphatic heterocycles. The molecule has 0 unspecified atom stereocenters. The van der Waals surface area contributed by atoms with Gasteiger partial charge in [0.25, 0.3) is 10.0 Å². The molecule has 0 aliphatic rings. The highest BCUT2D eigenvalue weighted by molar-refractivity contribution is 7.92. The third-order valence-electron chi connectivity index (χ3n) is 3.42. The van der Waals surface area contributed by atoms with Crippen LogP contribution in [0, 0.1) is 0 Å². The second kappa shape index (κ2) is 8.08. The fourth-order valence-electron chi connectivity index (χ4n) is 2.26. The highest BCUT2D eigenvalue weighted by atomic mass is 35.5. The predicted molar refractivity (Wildman–Crippen MR) is 99.1 cm³/mol. The van der Waals surface area contributed by atoms with Crippen LogP contribution in [0.4, 0.5) is 5.69 Å². The zero-order valence-corrected chi connectivity index (χ0v) is 16.0. The van der Waals surface area contributed by atoms with Crippen LogP contribution in [0.5, 0.6) is 0 Å². The summed E-state index contributed by atoms with van der Waals surface area (Å²) in [5.74, 6) is -0.553. The van der Waals surface area contributed by atoms with E-state index < -0.39 is 16.0 Å². The third kappa shape index (κ3) is 4.26. The number of rotatable bonds is 6. The van der Waals surface area contributed by atoms with Crippen LogP contribution in [-0.4, -0.2) is 27.5 Å². The lowest BCUT2D eigenvalue weighted by Gasteiger charge is -2.23. The van der Waals surface area contributed by atoms with Gasteiger partial charge in [-0.3, -0.25) is 4.31 Å². The fourth-order valence-corrected chi connectivity index (χ4v) is 4.10. The minimum absolute atomic E-state index is 0.115. The van der Waals surface area contributed by atoms with Crippen molar-refractivity contribution in [3.63, 3.8) is 0 Å². The van der Waals surface area contributed by atoms with Gasteiger partial charge in [0.2, 0.25) is 0 Å². The van der Waals surface area contributed by atoms with Gasteiger partial charge in [-0.05, 0) is 56.3 Å². The Bertz CT molecular complexity index is 867. The molecular formula is C17H17Cl2NO4S. The van der Waals surface area contributed by atoms with E-state index in [1.54, 1.807) is 13.8 Å². The summed E-state index contributed by atoms with van der Waals surface area (Å²) in [5.41, 5.74) is 0.544. The number of hydrogen-bond donors (Lipinski definition) is 0. The molecule has 8 heteroatoms. The number of anilines is 1. The van der Waals surface area contributed by atoms with Gasteiger partial charge < -0.3 is 4.74 Å². The summed E-state index contributed by atoms with van der Waals surface area (Å²) >= 11 is 12.0. The number of ether oxygens (including phenoxy) is 1. The SMILES string of the molecule is CCOC(=O)c1ccc(N(CC)S(=O)(=O)c2ccc(Cl)cc2)cc1Cl. The minimum Gasteiger partial charge on any atom is -0.462 e. The molecule has 0 heterocycles. The van der Waals surface area contributed by atoms with Gasteiger partial charge in [0.1, 0.15) is 0 Å². The first kappa shape index (κ1) is 19.6. The van der Waals surface area contributed by atoms with E-state index in [0.29, 0.717) is 10.7 Å². The van der Waals surface area contributed by atoms with Gasteiger partial charge in [-0.1, -0.05) is 23.2 Å². The highest BCUT2D eigenvalue weighted by Gasteiger charge is 2.24. The van der Waals surface area contributed by atoms with Crippen LogP contribution in [0.25, 0.3) is 0 Å². The van der Waals surface area contributed by atoms with E-state index in [4.69, 9.17) is 27.9 Å². The number of carbonyl (C=O) groups excluding carboxylic acids is 1. The van der Waals surface area contributed by atoms with Crippen LogP contribution < -0.4 is 4.31 Å². The van der Waals surface area contributed by atoms with Crippen LogP contribution in [0.2, 0.25) is 10.0 Å². The molecule has 2 aromatic rings. The highest BCUT2D eigenvalue weighted by Crippen LogP contribution is 2.29. The molecule has 5 nitrogen and oxygen atoms in total. The quantitative estimate of drug-likeness (QED) is 0.673. The molecule has 2 aromatic carbocycles. The van der Waals surface area contributed by atoms with Crippen molar-refractivity contribution >= 4 is 44.9 Å². The van der Waals surface area contributed by atoms with Crippen molar-refractivity contribution in [1.82, 2.24) is 0 Å². The molecule has 0 amide bonds. The van der Waals surface area contributed by atoms with E-state index in [-0.39, 0.29) is 28.6 Å². The molecule has 0 atom stereocenters. The smallest absolute Gasteiger partial charge is 0.339 e. The zero-order valence-electron chi connectivity index (χ0n) is 13.7. The molecular weight excluding hydrogens is 385 g/mol. The second-order valence-corrected chi connectivity index (χ2v) is 7.71. The maximum absolute atomic E-state index is 12.9. The molecule has 0 fully saturated rings. The number of sulfonamides is 1. The normalized spacial score (nSPS) is 11.2. The molecule has 0 aromatic heterocycles. The summed E-state index contributed by atoms with van der Waals surface area (Å²) in [5, 5.41) is 0.574. The van der Waals surface area contributed by atoms with Crippen molar-refractivity contribution < 1.29 is 17.9 Å². The van der Waals surface area contributed by atoms with Gasteiger partial charge in [0, 0.05) is 11.6 Å². The fraction of sp³-hybridized carbons (Fsp3) is 0.235. The molecule has 0 spiro atoms. The van der Waals surface area contributed by atoms with Crippen LogP contribution in [0.3, 0.4) is 0 Å². The lowest BCUT2D eigenvalue weighted by Crippen LogP contribution is -2.30. The largest absolute Gasteiger partial charge is 0.462 e. The van der Waals surface area contributed by atoms with E-state index in [2.05, 4.69) is 0 Å². The minimum atomic E-state index is -3.78.